The van der Waals surface area contributed by atoms with Gasteiger partial charge in [0.2, 0.25) is 0 Å². The maximum atomic E-state index is 13.4. The lowest BCUT2D eigenvalue weighted by molar-refractivity contribution is -0.155. The Hall–Kier alpha value is -3.64. The first-order chi connectivity index (χ1) is 18.6. The van der Waals surface area contributed by atoms with Gasteiger partial charge in [0.15, 0.2) is 0 Å². The average molecular weight is 529 g/mol. The maximum Gasteiger partial charge on any atom is 0.329 e. The molecule has 0 N–H and O–H groups in total. The van der Waals surface area contributed by atoms with Crippen molar-refractivity contribution in [2.45, 2.75) is 71.5 Å². The molecule has 39 heavy (non-hydrogen) atoms. The fraction of sp³-hybridized carbons (Fsp3) is 0.394. The molecule has 0 aromatic heterocycles. The second-order valence-corrected chi connectivity index (χ2v) is 11.5. The number of rotatable bonds is 10. The Morgan fingerprint density at radius 1 is 0.872 bits per heavy atom. The van der Waals surface area contributed by atoms with Crippen LogP contribution in [0.2, 0.25) is 0 Å². The quantitative estimate of drug-likeness (QED) is 0.232. The van der Waals surface area contributed by atoms with Crippen molar-refractivity contribution in [3.63, 3.8) is 0 Å². The van der Waals surface area contributed by atoms with Crippen molar-refractivity contribution in [2.75, 3.05) is 11.9 Å². The van der Waals surface area contributed by atoms with E-state index in [1.807, 2.05) is 119 Å². The number of ether oxygens (including phenoxy) is 2. The molecule has 3 aromatic carbocycles. The highest BCUT2D eigenvalue weighted by molar-refractivity contribution is 5.84. The van der Waals surface area contributed by atoms with Crippen LogP contribution in [-0.2, 0) is 32.2 Å². The summed E-state index contributed by atoms with van der Waals surface area (Å²) in [5.74, 6) is -0.497. The smallest absolute Gasteiger partial charge is 0.329 e. The second kappa shape index (κ2) is 12.0. The van der Waals surface area contributed by atoms with Crippen molar-refractivity contribution in [3.8, 4) is 0 Å². The van der Waals surface area contributed by atoms with Gasteiger partial charge >= 0.3 is 11.9 Å². The van der Waals surface area contributed by atoms with Crippen LogP contribution in [-0.4, -0.2) is 41.6 Å². The lowest BCUT2D eigenvalue weighted by Gasteiger charge is -2.32. The summed E-state index contributed by atoms with van der Waals surface area (Å²) in [5.41, 5.74) is 3.40. The molecule has 0 bridgehead atoms. The Labute approximate surface area is 232 Å². The highest BCUT2D eigenvalue weighted by Crippen LogP contribution is 2.48. The van der Waals surface area contributed by atoms with E-state index >= 15 is 0 Å². The van der Waals surface area contributed by atoms with E-state index in [0.717, 1.165) is 22.4 Å². The summed E-state index contributed by atoms with van der Waals surface area (Å²) in [6, 6.07) is 26.8. The summed E-state index contributed by atoms with van der Waals surface area (Å²) in [4.78, 5) is 30.8. The zero-order chi connectivity index (χ0) is 28.2. The maximum absolute atomic E-state index is 13.4. The molecule has 0 aliphatic carbocycles. The highest BCUT2D eigenvalue weighted by Gasteiger charge is 2.55. The van der Waals surface area contributed by atoms with E-state index in [0.29, 0.717) is 6.54 Å². The standard InChI is InChI=1S/C33H40N2O4/c1-23(2)28(31(36)38-22-25-17-11-8-12-18-25)34(6)27-20-14-13-19-26(27)29-30(32(37)39-33(3,4)5)35(29)21-24-15-9-7-10-16-24/h7-20,23,28-30H,21-22H2,1-6H3/t28-,29-,30+,35?/m0/s1. The van der Waals surface area contributed by atoms with E-state index in [1.54, 1.807) is 0 Å². The minimum Gasteiger partial charge on any atom is -0.459 e. The van der Waals surface area contributed by atoms with Gasteiger partial charge in [-0.25, -0.2) is 4.79 Å². The molecule has 0 saturated carbocycles. The highest BCUT2D eigenvalue weighted by atomic mass is 16.6. The summed E-state index contributed by atoms with van der Waals surface area (Å²) in [6.45, 7) is 10.6. The Kier molecular flexibility index (Phi) is 8.76. The lowest BCUT2D eigenvalue weighted by Crippen LogP contribution is -2.44. The molecule has 1 unspecified atom stereocenters. The van der Waals surface area contributed by atoms with Gasteiger partial charge in [0, 0.05) is 19.3 Å². The Bertz CT molecular complexity index is 1250. The molecule has 1 fully saturated rings. The number of hydrogen-bond donors (Lipinski definition) is 0. The van der Waals surface area contributed by atoms with Gasteiger partial charge in [0.25, 0.3) is 0 Å². The molecule has 0 radical (unpaired) electrons. The largest absolute Gasteiger partial charge is 0.459 e. The minimum absolute atomic E-state index is 0.00704. The number of carbonyl (C=O) groups is 2. The molecular weight excluding hydrogens is 488 g/mol. The van der Waals surface area contributed by atoms with E-state index in [1.165, 1.54) is 0 Å². The number of carbonyl (C=O) groups excluding carboxylic acids is 2. The fourth-order valence-corrected chi connectivity index (χ4v) is 5.14. The van der Waals surface area contributed by atoms with Crippen LogP contribution < -0.4 is 4.90 Å². The van der Waals surface area contributed by atoms with Gasteiger partial charge in [0.1, 0.15) is 24.3 Å². The van der Waals surface area contributed by atoms with Crippen LogP contribution in [0.3, 0.4) is 0 Å². The van der Waals surface area contributed by atoms with Crippen LogP contribution >= 0.6 is 0 Å². The molecule has 0 spiro atoms. The number of esters is 2. The van der Waals surface area contributed by atoms with Gasteiger partial charge in [-0.05, 0) is 49.4 Å². The third-order valence-corrected chi connectivity index (χ3v) is 6.93. The molecule has 3 aromatic rings. The Balaban J connectivity index is 1.60. The zero-order valence-corrected chi connectivity index (χ0v) is 23.8. The van der Waals surface area contributed by atoms with Crippen LogP contribution in [0.5, 0.6) is 0 Å². The van der Waals surface area contributed by atoms with Gasteiger partial charge in [-0.2, -0.15) is 0 Å². The Morgan fingerprint density at radius 2 is 1.44 bits per heavy atom. The third kappa shape index (κ3) is 7.07. The molecule has 1 aliphatic heterocycles. The van der Waals surface area contributed by atoms with Gasteiger partial charge in [0.05, 0.1) is 6.04 Å². The summed E-state index contributed by atoms with van der Waals surface area (Å²) < 4.78 is 11.6. The SMILES string of the molecule is CC(C)[C@@H](C(=O)OCc1ccccc1)N(C)c1ccccc1[C@H]1[C@H](C(=O)OC(C)(C)C)N1Cc1ccccc1. The van der Waals surface area contributed by atoms with Crippen molar-refractivity contribution in [1.82, 2.24) is 4.90 Å². The van der Waals surface area contributed by atoms with E-state index in [4.69, 9.17) is 9.47 Å². The molecule has 206 valence electrons. The molecule has 1 heterocycles. The van der Waals surface area contributed by atoms with Crippen molar-refractivity contribution < 1.29 is 19.1 Å². The number of likely N-dealkylation sites (N-methyl/N-ethyl adjacent to an activating group) is 1. The number of anilines is 1. The van der Waals surface area contributed by atoms with Crippen LogP contribution in [0.15, 0.2) is 84.9 Å². The molecule has 1 aliphatic rings. The van der Waals surface area contributed by atoms with Gasteiger partial charge in [-0.1, -0.05) is 92.7 Å². The molecular formula is C33H40N2O4. The molecule has 6 nitrogen and oxygen atoms in total. The second-order valence-electron chi connectivity index (χ2n) is 11.5. The number of para-hydroxylation sites is 1. The first kappa shape index (κ1) is 28.4. The molecule has 0 amide bonds. The van der Waals surface area contributed by atoms with Crippen molar-refractivity contribution in [3.05, 3.63) is 102 Å². The normalized spacial score (nSPS) is 19.3. The van der Waals surface area contributed by atoms with Crippen LogP contribution in [0.4, 0.5) is 5.69 Å². The van der Waals surface area contributed by atoms with Crippen LogP contribution in [0.25, 0.3) is 0 Å². The summed E-state index contributed by atoms with van der Waals surface area (Å²) in [7, 11) is 1.93. The fourth-order valence-electron chi connectivity index (χ4n) is 5.14. The third-order valence-electron chi connectivity index (χ3n) is 6.93. The van der Waals surface area contributed by atoms with Gasteiger partial charge in [-0.15, -0.1) is 0 Å². The zero-order valence-electron chi connectivity index (χ0n) is 23.8. The average Bonchev–Trinajstić information content (AvgIpc) is 3.61. The monoisotopic (exact) mass is 528 g/mol. The number of hydrogen-bond acceptors (Lipinski definition) is 6. The van der Waals surface area contributed by atoms with Crippen LogP contribution in [0, 0.1) is 5.92 Å². The van der Waals surface area contributed by atoms with E-state index in [2.05, 4.69) is 17.0 Å². The van der Waals surface area contributed by atoms with Crippen molar-refractivity contribution in [2.24, 2.45) is 5.92 Å². The Morgan fingerprint density at radius 3 is 2.03 bits per heavy atom. The number of benzene rings is 3. The molecule has 4 rings (SSSR count). The summed E-state index contributed by atoms with van der Waals surface area (Å²) in [5, 5.41) is 0. The lowest BCUT2D eigenvalue weighted by atomic mass is 9.99. The first-order valence-corrected chi connectivity index (χ1v) is 13.6. The van der Waals surface area contributed by atoms with Crippen molar-refractivity contribution >= 4 is 17.6 Å². The molecule has 1 saturated heterocycles. The summed E-state index contributed by atoms with van der Waals surface area (Å²) in [6.07, 6.45) is 0. The van der Waals surface area contributed by atoms with Crippen molar-refractivity contribution in [1.29, 1.82) is 0 Å². The van der Waals surface area contributed by atoms with Gasteiger partial charge in [-0.3, -0.25) is 9.69 Å². The van der Waals surface area contributed by atoms with Crippen LogP contribution in [0.1, 0.15) is 57.4 Å². The molecule has 6 heteroatoms. The minimum atomic E-state index is -0.579. The number of nitrogens with zero attached hydrogens (tertiary/aromatic N) is 2. The topological polar surface area (TPSA) is 58.9 Å². The predicted octanol–water partition coefficient (Wildman–Crippen LogP) is 6.16. The van der Waals surface area contributed by atoms with Gasteiger partial charge < -0.3 is 14.4 Å². The van der Waals surface area contributed by atoms with E-state index < -0.39 is 17.7 Å². The van der Waals surface area contributed by atoms with E-state index in [-0.39, 0.29) is 30.5 Å². The van der Waals surface area contributed by atoms with E-state index in [9.17, 15) is 9.59 Å². The first-order valence-electron chi connectivity index (χ1n) is 13.6. The predicted molar refractivity (Wildman–Crippen MR) is 154 cm³/mol. The summed E-state index contributed by atoms with van der Waals surface area (Å²) >= 11 is 0. The molecule has 4 atom stereocenters.